The average Bonchev–Trinajstić information content (AvgIpc) is 3.19. The first-order valence-electron chi connectivity index (χ1n) is 9.83. The van der Waals surface area contributed by atoms with Crippen LogP contribution in [0.15, 0.2) is 41.6 Å². The fraction of sp³-hybridized carbons (Fsp3) is 0.500. The predicted molar refractivity (Wildman–Crippen MR) is 107 cm³/mol. The Kier molecular flexibility index (Phi) is 5.50. The Morgan fingerprint density at radius 2 is 1.79 bits per heavy atom. The Labute approximate surface area is 166 Å². The topological polar surface area (TPSA) is 75.6 Å². The molecule has 3 heterocycles. The lowest BCUT2D eigenvalue weighted by molar-refractivity contribution is 0.206. The van der Waals surface area contributed by atoms with Crippen LogP contribution in [0.3, 0.4) is 0 Å². The van der Waals surface area contributed by atoms with E-state index in [0.29, 0.717) is 30.3 Å². The van der Waals surface area contributed by atoms with Crippen molar-refractivity contribution in [3.8, 4) is 5.88 Å². The first kappa shape index (κ1) is 19.1. The second-order valence-corrected chi connectivity index (χ2v) is 9.40. The fourth-order valence-corrected chi connectivity index (χ4v) is 5.22. The first-order chi connectivity index (χ1) is 13.5. The zero-order valence-corrected chi connectivity index (χ0v) is 16.9. The molecule has 1 unspecified atom stereocenters. The first-order valence-corrected chi connectivity index (χ1v) is 11.3. The summed E-state index contributed by atoms with van der Waals surface area (Å²) in [5, 5.41) is 0. The molecule has 1 aromatic heterocycles. The summed E-state index contributed by atoms with van der Waals surface area (Å²) in [7, 11) is -3.49. The highest BCUT2D eigenvalue weighted by molar-refractivity contribution is 7.89. The maximum absolute atomic E-state index is 12.8. The lowest BCUT2D eigenvalue weighted by Gasteiger charge is -2.27. The molecule has 0 radical (unpaired) electrons. The van der Waals surface area contributed by atoms with E-state index >= 15 is 0 Å². The van der Waals surface area contributed by atoms with Gasteiger partial charge in [0.05, 0.1) is 11.4 Å². The van der Waals surface area contributed by atoms with Gasteiger partial charge in [0.25, 0.3) is 0 Å². The average molecular weight is 403 g/mol. The number of nitrogens with zero attached hydrogens (tertiary/aromatic N) is 4. The highest BCUT2D eigenvalue weighted by Gasteiger charge is 2.33. The molecule has 2 aromatic rings. The standard InChI is InChI=1S/C20H26N4O3S/c1-16-5-7-18(8-6-16)28(25,26)24-12-9-17(14-24)27-20-13-19(21-15-22-20)23-10-3-2-4-11-23/h5-8,13,15,17H,2-4,9-12,14H2,1H3. The zero-order chi connectivity index (χ0) is 19.6. The Morgan fingerprint density at radius 3 is 2.54 bits per heavy atom. The maximum Gasteiger partial charge on any atom is 0.243 e. The van der Waals surface area contributed by atoms with Crippen LogP contribution in [0, 0.1) is 6.92 Å². The molecule has 1 atom stereocenters. The van der Waals surface area contributed by atoms with E-state index in [2.05, 4.69) is 14.9 Å². The summed E-state index contributed by atoms with van der Waals surface area (Å²) in [6.45, 7) is 4.73. The van der Waals surface area contributed by atoms with Gasteiger partial charge in [0.2, 0.25) is 15.9 Å². The molecular weight excluding hydrogens is 376 g/mol. The van der Waals surface area contributed by atoms with Crippen molar-refractivity contribution in [3.05, 3.63) is 42.2 Å². The van der Waals surface area contributed by atoms with Gasteiger partial charge < -0.3 is 9.64 Å². The summed E-state index contributed by atoms with van der Waals surface area (Å²) in [4.78, 5) is 11.2. The van der Waals surface area contributed by atoms with Gasteiger partial charge in [-0.1, -0.05) is 17.7 Å². The van der Waals surface area contributed by atoms with Crippen molar-refractivity contribution in [2.45, 2.75) is 43.6 Å². The third-order valence-electron chi connectivity index (χ3n) is 5.36. The van der Waals surface area contributed by atoms with E-state index < -0.39 is 10.0 Å². The van der Waals surface area contributed by atoms with Crippen LogP contribution < -0.4 is 9.64 Å². The minimum absolute atomic E-state index is 0.204. The third-order valence-corrected chi connectivity index (χ3v) is 7.24. The lowest BCUT2D eigenvalue weighted by atomic mass is 10.1. The van der Waals surface area contributed by atoms with Crippen LogP contribution in [0.1, 0.15) is 31.2 Å². The van der Waals surface area contributed by atoms with Crippen LogP contribution in [-0.2, 0) is 10.0 Å². The van der Waals surface area contributed by atoms with Crippen LogP contribution in [-0.4, -0.2) is 55.0 Å². The minimum Gasteiger partial charge on any atom is -0.473 e. The summed E-state index contributed by atoms with van der Waals surface area (Å²) in [6.07, 6.45) is 5.58. The van der Waals surface area contributed by atoms with E-state index in [1.165, 1.54) is 29.9 Å². The minimum atomic E-state index is -3.49. The molecule has 0 spiro atoms. The van der Waals surface area contributed by atoms with Crippen LogP contribution >= 0.6 is 0 Å². The van der Waals surface area contributed by atoms with Gasteiger partial charge in [0.1, 0.15) is 18.2 Å². The van der Waals surface area contributed by atoms with E-state index in [1.807, 2.05) is 25.1 Å². The molecular formula is C20H26N4O3S. The molecule has 0 N–H and O–H groups in total. The lowest BCUT2D eigenvalue weighted by Crippen LogP contribution is -2.31. The highest BCUT2D eigenvalue weighted by atomic mass is 32.2. The summed E-state index contributed by atoms with van der Waals surface area (Å²) >= 11 is 0. The quantitative estimate of drug-likeness (QED) is 0.765. The van der Waals surface area contributed by atoms with Gasteiger partial charge in [-0.05, 0) is 44.7 Å². The summed E-state index contributed by atoms with van der Waals surface area (Å²) in [6, 6.07) is 8.82. The number of rotatable bonds is 5. The second-order valence-electron chi connectivity index (χ2n) is 7.47. The van der Waals surface area contributed by atoms with E-state index in [0.717, 1.165) is 24.5 Å². The molecule has 0 aliphatic carbocycles. The van der Waals surface area contributed by atoms with Crippen LogP contribution in [0.4, 0.5) is 5.82 Å². The van der Waals surface area contributed by atoms with Crippen LogP contribution in [0.5, 0.6) is 5.88 Å². The molecule has 1 aromatic carbocycles. The number of aromatic nitrogens is 2. The van der Waals surface area contributed by atoms with Crippen molar-refractivity contribution in [1.82, 2.24) is 14.3 Å². The molecule has 8 heteroatoms. The normalized spacial score (nSPS) is 21.0. The maximum atomic E-state index is 12.8. The number of anilines is 1. The second kappa shape index (κ2) is 8.05. The van der Waals surface area contributed by atoms with Gasteiger partial charge in [-0.3, -0.25) is 0 Å². The number of ether oxygens (including phenoxy) is 1. The van der Waals surface area contributed by atoms with Crippen molar-refractivity contribution < 1.29 is 13.2 Å². The number of sulfonamides is 1. The zero-order valence-electron chi connectivity index (χ0n) is 16.1. The van der Waals surface area contributed by atoms with Crippen molar-refractivity contribution >= 4 is 15.8 Å². The molecule has 2 saturated heterocycles. The molecule has 2 fully saturated rings. The van der Waals surface area contributed by atoms with E-state index in [9.17, 15) is 8.42 Å². The Bertz CT molecular complexity index is 911. The van der Waals surface area contributed by atoms with Gasteiger partial charge in [-0.25, -0.2) is 18.4 Å². The van der Waals surface area contributed by atoms with E-state index in [4.69, 9.17) is 4.74 Å². The van der Waals surface area contributed by atoms with Gasteiger partial charge in [-0.2, -0.15) is 4.31 Å². The predicted octanol–water partition coefficient (Wildman–Crippen LogP) is 2.62. The van der Waals surface area contributed by atoms with Gasteiger partial charge in [0.15, 0.2) is 0 Å². The molecule has 0 saturated carbocycles. The molecule has 2 aliphatic heterocycles. The largest absolute Gasteiger partial charge is 0.473 e. The smallest absolute Gasteiger partial charge is 0.243 e. The Hall–Kier alpha value is -2.19. The van der Waals surface area contributed by atoms with Crippen molar-refractivity contribution in [3.63, 3.8) is 0 Å². The number of piperidine rings is 1. The number of hydrogen-bond acceptors (Lipinski definition) is 6. The van der Waals surface area contributed by atoms with Gasteiger partial charge in [-0.15, -0.1) is 0 Å². The Morgan fingerprint density at radius 1 is 1.04 bits per heavy atom. The van der Waals surface area contributed by atoms with Crippen molar-refractivity contribution in [2.24, 2.45) is 0 Å². The monoisotopic (exact) mass is 402 g/mol. The van der Waals surface area contributed by atoms with E-state index in [1.54, 1.807) is 12.1 Å². The van der Waals surface area contributed by atoms with Crippen molar-refractivity contribution in [2.75, 3.05) is 31.1 Å². The molecule has 4 rings (SSSR count). The Balaban J connectivity index is 1.41. The SMILES string of the molecule is Cc1ccc(S(=O)(=O)N2CCC(Oc3cc(N4CCCCC4)ncn3)C2)cc1. The van der Waals surface area contributed by atoms with E-state index in [-0.39, 0.29) is 6.10 Å². The fourth-order valence-electron chi connectivity index (χ4n) is 3.73. The van der Waals surface area contributed by atoms with Crippen molar-refractivity contribution in [1.29, 1.82) is 0 Å². The molecule has 0 bridgehead atoms. The summed E-state index contributed by atoms with van der Waals surface area (Å²) < 4.78 is 33.2. The van der Waals surface area contributed by atoms with Gasteiger partial charge >= 0.3 is 0 Å². The molecule has 2 aliphatic rings. The summed E-state index contributed by atoms with van der Waals surface area (Å²) in [5.41, 5.74) is 1.04. The highest BCUT2D eigenvalue weighted by Crippen LogP contribution is 2.25. The number of hydrogen-bond donors (Lipinski definition) is 0. The molecule has 0 amide bonds. The third kappa shape index (κ3) is 4.12. The van der Waals surface area contributed by atoms with Crippen LogP contribution in [0.25, 0.3) is 0 Å². The molecule has 150 valence electrons. The molecule has 7 nitrogen and oxygen atoms in total. The molecule has 28 heavy (non-hydrogen) atoms. The van der Waals surface area contributed by atoms with Crippen LogP contribution in [0.2, 0.25) is 0 Å². The van der Waals surface area contributed by atoms with Gasteiger partial charge in [0, 0.05) is 25.7 Å². The number of benzene rings is 1. The summed E-state index contributed by atoms with van der Waals surface area (Å²) in [5.74, 6) is 1.39. The number of aryl methyl sites for hydroxylation is 1.